The first kappa shape index (κ1) is 19.3. The first-order chi connectivity index (χ1) is 14.0. The van der Waals surface area contributed by atoms with Crippen LogP contribution in [0.4, 0.5) is 0 Å². The van der Waals surface area contributed by atoms with Crippen LogP contribution in [0.25, 0.3) is 10.9 Å². The van der Waals surface area contributed by atoms with Gasteiger partial charge in [-0.3, -0.25) is 9.59 Å². The van der Waals surface area contributed by atoms with Crippen molar-refractivity contribution in [3.05, 3.63) is 60.2 Å². The number of H-pyrrole nitrogens is 1. The summed E-state index contributed by atoms with van der Waals surface area (Å²) < 4.78 is 10.9. The van der Waals surface area contributed by atoms with Gasteiger partial charge < -0.3 is 19.0 Å². The van der Waals surface area contributed by atoms with E-state index in [2.05, 4.69) is 4.98 Å². The number of ketones is 1. The van der Waals surface area contributed by atoms with Gasteiger partial charge in [-0.2, -0.15) is 0 Å². The minimum absolute atomic E-state index is 0.256. The third kappa shape index (κ3) is 3.55. The van der Waals surface area contributed by atoms with Crippen LogP contribution in [0.3, 0.4) is 0 Å². The fraction of sp³-hybridized carbons (Fsp3) is 0.286. The molecule has 7 nitrogen and oxygen atoms in total. The number of aromatic nitrogens is 1. The number of para-hydroxylation sites is 1. The third-order valence-corrected chi connectivity index (χ3v) is 6.22. The van der Waals surface area contributed by atoms with E-state index in [-0.39, 0.29) is 17.1 Å². The highest BCUT2D eigenvalue weighted by Gasteiger charge is 2.43. The number of esters is 1. The number of hydrogen-bond donors (Lipinski definition) is 1. The lowest BCUT2D eigenvalue weighted by Crippen LogP contribution is -2.44. The molecule has 1 N–H and O–H groups in total. The van der Waals surface area contributed by atoms with Gasteiger partial charge in [-0.05, 0) is 25.1 Å². The van der Waals surface area contributed by atoms with Gasteiger partial charge in [0.1, 0.15) is 17.2 Å². The van der Waals surface area contributed by atoms with E-state index in [0.29, 0.717) is 17.1 Å². The number of benzene rings is 1. The predicted molar refractivity (Wildman–Crippen MR) is 108 cm³/mol. The zero-order valence-corrected chi connectivity index (χ0v) is 16.8. The van der Waals surface area contributed by atoms with Gasteiger partial charge in [-0.25, -0.2) is 4.79 Å². The molecule has 1 aromatic carbocycles. The normalized spacial score (nSPS) is 20.0. The number of fused-ring (bicyclic) bond motifs is 1. The number of carbonyl (C=O) groups is 3. The molecule has 0 bridgehead atoms. The van der Waals surface area contributed by atoms with Crippen LogP contribution in [-0.2, 0) is 14.3 Å². The van der Waals surface area contributed by atoms with Gasteiger partial charge in [0.15, 0.2) is 6.10 Å². The summed E-state index contributed by atoms with van der Waals surface area (Å²) in [5, 5.41) is 0.389. The number of thioether (sulfide) groups is 1. The maximum atomic E-state index is 12.8. The molecule has 0 spiro atoms. The molecular formula is C21H20N2O5S. The number of hydrogen-bond acceptors (Lipinski definition) is 6. The molecule has 29 heavy (non-hydrogen) atoms. The molecule has 1 aliphatic heterocycles. The van der Waals surface area contributed by atoms with Crippen molar-refractivity contribution in [3.63, 3.8) is 0 Å². The Morgan fingerprint density at radius 2 is 2.03 bits per heavy atom. The number of nitrogens with zero attached hydrogens (tertiary/aromatic N) is 1. The van der Waals surface area contributed by atoms with Gasteiger partial charge >= 0.3 is 5.97 Å². The lowest BCUT2D eigenvalue weighted by molar-refractivity contribution is -0.155. The molecule has 2 aromatic heterocycles. The highest BCUT2D eigenvalue weighted by Crippen LogP contribution is 2.42. The van der Waals surface area contributed by atoms with Crippen LogP contribution in [0, 0.1) is 0 Å². The average molecular weight is 412 g/mol. The molecule has 0 unspecified atom stereocenters. The molecule has 1 aliphatic rings. The standard InChI is InChI=1S/C21H20N2O5S/c1-12(19(25)15-10-22-16-7-4-3-6-14(15)16)28-21(26)17-11-29-20(23(17)13(2)24)18-8-5-9-27-18/h3-10,12,17,20,22H,11H2,1-2H3/t12-,17+,20+/m0/s1. The summed E-state index contributed by atoms with van der Waals surface area (Å²) in [7, 11) is 0. The minimum Gasteiger partial charge on any atom is -0.466 e. The van der Waals surface area contributed by atoms with Gasteiger partial charge in [0.2, 0.25) is 11.7 Å². The Morgan fingerprint density at radius 1 is 1.24 bits per heavy atom. The van der Waals surface area contributed by atoms with Crippen LogP contribution >= 0.6 is 11.8 Å². The average Bonchev–Trinajstić information content (AvgIpc) is 3.45. The first-order valence-electron chi connectivity index (χ1n) is 9.22. The van der Waals surface area contributed by atoms with Crippen LogP contribution in [0.15, 0.2) is 53.3 Å². The summed E-state index contributed by atoms with van der Waals surface area (Å²) in [5.74, 6) is -0.171. The molecule has 1 saturated heterocycles. The van der Waals surface area contributed by atoms with Crippen LogP contribution in [0.1, 0.15) is 35.3 Å². The number of amides is 1. The molecule has 1 amide bonds. The van der Waals surface area contributed by atoms with Crippen molar-refractivity contribution in [2.24, 2.45) is 0 Å². The van der Waals surface area contributed by atoms with E-state index in [1.807, 2.05) is 24.3 Å². The zero-order chi connectivity index (χ0) is 20.5. The van der Waals surface area contributed by atoms with Gasteiger partial charge in [0.05, 0.1) is 6.26 Å². The van der Waals surface area contributed by atoms with Crippen LogP contribution < -0.4 is 0 Å². The Hall–Kier alpha value is -3.00. The molecule has 8 heteroatoms. The number of rotatable bonds is 5. The summed E-state index contributed by atoms with van der Waals surface area (Å²) in [4.78, 5) is 42.4. The highest BCUT2D eigenvalue weighted by molar-refractivity contribution is 7.99. The number of aromatic amines is 1. The summed E-state index contributed by atoms with van der Waals surface area (Å²) in [6.07, 6.45) is 2.18. The SMILES string of the molecule is CC(=O)N1[C@@H](C(=O)O[C@@H](C)C(=O)c2c[nH]c3ccccc23)CS[C@@H]1c1ccco1. The van der Waals surface area contributed by atoms with E-state index in [9.17, 15) is 14.4 Å². The minimum atomic E-state index is -0.969. The number of furan rings is 1. The predicted octanol–water partition coefficient (Wildman–Crippen LogP) is 3.54. The smallest absolute Gasteiger partial charge is 0.330 e. The second-order valence-corrected chi connectivity index (χ2v) is 7.95. The third-order valence-electron chi connectivity index (χ3n) is 4.94. The van der Waals surface area contributed by atoms with Crippen molar-refractivity contribution in [2.75, 3.05) is 5.75 Å². The molecule has 3 atom stereocenters. The number of nitrogens with one attached hydrogen (secondary N) is 1. The summed E-state index contributed by atoms with van der Waals surface area (Å²) in [6.45, 7) is 2.95. The van der Waals surface area contributed by atoms with E-state index in [4.69, 9.17) is 9.15 Å². The zero-order valence-electron chi connectivity index (χ0n) is 16.0. The Labute approximate surface area is 171 Å². The maximum absolute atomic E-state index is 12.8. The first-order valence-corrected chi connectivity index (χ1v) is 10.3. The second kappa shape index (κ2) is 7.79. The maximum Gasteiger partial charge on any atom is 0.330 e. The summed E-state index contributed by atoms with van der Waals surface area (Å²) in [5.41, 5.74) is 1.31. The van der Waals surface area contributed by atoms with Crippen molar-refractivity contribution in [3.8, 4) is 0 Å². The van der Waals surface area contributed by atoms with Gasteiger partial charge in [0.25, 0.3) is 0 Å². The summed E-state index contributed by atoms with van der Waals surface area (Å²) >= 11 is 1.43. The molecule has 0 saturated carbocycles. The Kier molecular flexibility index (Phi) is 5.19. The van der Waals surface area contributed by atoms with E-state index in [1.54, 1.807) is 25.3 Å². The van der Waals surface area contributed by atoms with E-state index >= 15 is 0 Å². The topological polar surface area (TPSA) is 92.6 Å². The van der Waals surface area contributed by atoms with Gasteiger partial charge in [0, 0.05) is 35.3 Å². The number of carbonyl (C=O) groups excluding carboxylic acids is 3. The molecule has 150 valence electrons. The second-order valence-electron chi connectivity index (χ2n) is 6.83. The fourth-order valence-electron chi connectivity index (χ4n) is 3.52. The quantitative estimate of drug-likeness (QED) is 0.509. The van der Waals surface area contributed by atoms with Gasteiger partial charge in [-0.15, -0.1) is 11.8 Å². The molecular weight excluding hydrogens is 392 g/mol. The summed E-state index contributed by atoms with van der Waals surface area (Å²) in [6, 6.07) is 10.2. The fourth-order valence-corrected chi connectivity index (χ4v) is 4.94. The van der Waals surface area contributed by atoms with Crippen LogP contribution in [0.5, 0.6) is 0 Å². The Bertz CT molecular complexity index is 1060. The van der Waals surface area contributed by atoms with Crippen LogP contribution in [-0.4, -0.2) is 45.4 Å². The highest BCUT2D eigenvalue weighted by atomic mass is 32.2. The van der Waals surface area contributed by atoms with Crippen molar-refractivity contribution in [1.29, 1.82) is 0 Å². The van der Waals surface area contributed by atoms with E-state index < -0.39 is 18.1 Å². The van der Waals surface area contributed by atoms with Crippen LogP contribution in [0.2, 0.25) is 0 Å². The van der Waals surface area contributed by atoms with E-state index in [0.717, 1.165) is 10.9 Å². The lowest BCUT2D eigenvalue weighted by atomic mass is 10.1. The Morgan fingerprint density at radius 3 is 2.76 bits per heavy atom. The van der Waals surface area contributed by atoms with Crippen molar-refractivity contribution in [1.82, 2.24) is 9.88 Å². The molecule has 0 radical (unpaired) electrons. The van der Waals surface area contributed by atoms with Crippen molar-refractivity contribution >= 4 is 40.3 Å². The molecule has 3 heterocycles. The number of Topliss-reactive ketones (excluding diaryl/α,β-unsaturated/α-hetero) is 1. The Balaban J connectivity index is 1.49. The molecule has 0 aliphatic carbocycles. The number of ether oxygens (including phenoxy) is 1. The van der Waals surface area contributed by atoms with E-state index in [1.165, 1.54) is 29.8 Å². The molecule has 1 fully saturated rings. The van der Waals surface area contributed by atoms with Crippen molar-refractivity contribution in [2.45, 2.75) is 31.4 Å². The largest absolute Gasteiger partial charge is 0.466 e. The molecule has 3 aromatic rings. The van der Waals surface area contributed by atoms with Gasteiger partial charge in [-0.1, -0.05) is 18.2 Å². The monoisotopic (exact) mass is 412 g/mol. The lowest BCUT2D eigenvalue weighted by Gasteiger charge is -2.26. The molecule has 4 rings (SSSR count). The van der Waals surface area contributed by atoms with Crippen molar-refractivity contribution < 1.29 is 23.5 Å².